The van der Waals surface area contributed by atoms with Crippen LogP contribution in [0.3, 0.4) is 0 Å². The van der Waals surface area contributed by atoms with Crippen LogP contribution in [0.5, 0.6) is 0 Å². The summed E-state index contributed by atoms with van der Waals surface area (Å²) in [5.41, 5.74) is 6.55. The van der Waals surface area contributed by atoms with Crippen LogP contribution in [0, 0.1) is 5.82 Å². The Kier molecular flexibility index (Phi) is 4.17. The molecule has 2 N–H and O–H groups in total. The van der Waals surface area contributed by atoms with Gasteiger partial charge in [0.2, 0.25) is 0 Å². The molecule has 0 amide bonds. The van der Waals surface area contributed by atoms with Crippen molar-refractivity contribution in [3.63, 3.8) is 0 Å². The Hall–Kier alpha value is -0.450. The number of nitrogens with zero attached hydrogens (tertiary/aromatic N) is 1. The zero-order valence-electron chi connectivity index (χ0n) is 10.00. The van der Waals surface area contributed by atoms with Crippen LogP contribution in [0.15, 0.2) is 22.7 Å². The highest BCUT2D eigenvalue weighted by Crippen LogP contribution is 2.31. The van der Waals surface area contributed by atoms with Crippen LogP contribution in [0.1, 0.15) is 31.4 Å². The number of halogens is 2. The predicted octanol–water partition coefficient (Wildman–Crippen LogP) is 3.07. The van der Waals surface area contributed by atoms with E-state index in [1.165, 1.54) is 18.9 Å². The van der Waals surface area contributed by atoms with Gasteiger partial charge in [0.05, 0.1) is 6.04 Å². The van der Waals surface area contributed by atoms with Gasteiger partial charge in [0, 0.05) is 22.6 Å². The molecule has 1 aromatic rings. The van der Waals surface area contributed by atoms with Gasteiger partial charge in [-0.25, -0.2) is 4.39 Å². The minimum atomic E-state index is -0.164. The van der Waals surface area contributed by atoms with Gasteiger partial charge < -0.3 is 5.73 Å². The van der Waals surface area contributed by atoms with Crippen molar-refractivity contribution in [3.8, 4) is 0 Å². The van der Waals surface area contributed by atoms with E-state index >= 15 is 0 Å². The second-order valence-electron chi connectivity index (χ2n) is 4.65. The number of nitrogens with two attached hydrogens (primary N) is 1. The number of rotatable bonds is 3. The van der Waals surface area contributed by atoms with E-state index in [9.17, 15) is 4.39 Å². The molecule has 1 fully saturated rings. The number of benzene rings is 1. The van der Waals surface area contributed by atoms with Gasteiger partial charge in [0.25, 0.3) is 0 Å². The monoisotopic (exact) mass is 300 g/mol. The highest BCUT2D eigenvalue weighted by atomic mass is 79.9. The van der Waals surface area contributed by atoms with E-state index in [1.807, 2.05) is 6.07 Å². The minimum absolute atomic E-state index is 0.00926. The summed E-state index contributed by atoms with van der Waals surface area (Å²) in [6.07, 6.45) is 2.35. The molecule has 4 heteroatoms. The van der Waals surface area contributed by atoms with E-state index in [4.69, 9.17) is 5.73 Å². The summed E-state index contributed by atoms with van der Waals surface area (Å²) in [7, 11) is 0. The number of hydrogen-bond acceptors (Lipinski definition) is 2. The van der Waals surface area contributed by atoms with E-state index < -0.39 is 0 Å². The highest BCUT2D eigenvalue weighted by Gasteiger charge is 2.29. The van der Waals surface area contributed by atoms with Gasteiger partial charge in [-0.3, -0.25) is 4.90 Å². The van der Waals surface area contributed by atoms with Crippen molar-refractivity contribution in [2.24, 2.45) is 5.73 Å². The summed E-state index contributed by atoms with van der Waals surface area (Å²) in [4.78, 5) is 2.31. The summed E-state index contributed by atoms with van der Waals surface area (Å²) in [6, 6.07) is 5.55. The second-order valence-corrected chi connectivity index (χ2v) is 5.56. The van der Waals surface area contributed by atoms with Crippen molar-refractivity contribution in [1.29, 1.82) is 0 Å². The Morgan fingerprint density at radius 3 is 2.94 bits per heavy atom. The van der Waals surface area contributed by atoms with Gasteiger partial charge in [-0.15, -0.1) is 0 Å². The lowest BCUT2D eigenvalue weighted by atomic mass is 10.0. The van der Waals surface area contributed by atoms with Crippen LogP contribution >= 0.6 is 15.9 Å². The molecule has 0 aliphatic carbocycles. The van der Waals surface area contributed by atoms with Gasteiger partial charge in [-0.05, 0) is 44.5 Å². The molecule has 0 spiro atoms. The second kappa shape index (κ2) is 5.46. The molecule has 0 saturated carbocycles. The van der Waals surface area contributed by atoms with Gasteiger partial charge in [-0.2, -0.15) is 0 Å². The third-order valence-electron chi connectivity index (χ3n) is 3.55. The fourth-order valence-corrected chi connectivity index (χ4v) is 3.01. The lowest BCUT2D eigenvalue weighted by molar-refractivity contribution is 0.192. The molecule has 17 heavy (non-hydrogen) atoms. The molecule has 1 aliphatic rings. The molecule has 0 aromatic heterocycles. The molecular formula is C13H18BrFN2. The number of likely N-dealkylation sites (tertiary alicyclic amines) is 1. The van der Waals surface area contributed by atoms with Gasteiger partial charge in [0.15, 0.2) is 0 Å². The first-order valence-electron chi connectivity index (χ1n) is 6.04. The van der Waals surface area contributed by atoms with Crippen molar-refractivity contribution in [2.75, 3.05) is 13.1 Å². The van der Waals surface area contributed by atoms with Crippen molar-refractivity contribution < 1.29 is 4.39 Å². The highest BCUT2D eigenvalue weighted by molar-refractivity contribution is 9.10. The largest absolute Gasteiger partial charge is 0.329 e. The van der Waals surface area contributed by atoms with E-state index in [-0.39, 0.29) is 11.9 Å². The molecule has 0 bridgehead atoms. The average molecular weight is 301 g/mol. The first-order valence-corrected chi connectivity index (χ1v) is 6.83. The first-order chi connectivity index (χ1) is 8.13. The SMILES string of the molecule is CC1CCCN1C(CN)c1cc(Br)ccc1F. The molecule has 1 heterocycles. The summed E-state index contributed by atoms with van der Waals surface area (Å²) in [5, 5.41) is 0. The molecule has 0 radical (unpaired) electrons. The third kappa shape index (κ3) is 2.69. The fourth-order valence-electron chi connectivity index (χ4n) is 2.63. The fraction of sp³-hybridized carbons (Fsp3) is 0.538. The van der Waals surface area contributed by atoms with Crippen LogP contribution in [-0.4, -0.2) is 24.0 Å². The van der Waals surface area contributed by atoms with Crippen LogP contribution in [-0.2, 0) is 0 Å². The first kappa shape index (κ1) is 13.0. The Morgan fingerprint density at radius 2 is 2.35 bits per heavy atom. The molecular weight excluding hydrogens is 283 g/mol. The molecule has 1 saturated heterocycles. The van der Waals surface area contributed by atoms with Gasteiger partial charge in [0.1, 0.15) is 5.82 Å². The van der Waals surface area contributed by atoms with Crippen LogP contribution in [0.25, 0.3) is 0 Å². The van der Waals surface area contributed by atoms with Crippen LogP contribution in [0.4, 0.5) is 4.39 Å². The van der Waals surface area contributed by atoms with E-state index in [1.54, 1.807) is 6.07 Å². The van der Waals surface area contributed by atoms with E-state index in [2.05, 4.69) is 27.8 Å². The van der Waals surface area contributed by atoms with Gasteiger partial charge >= 0.3 is 0 Å². The van der Waals surface area contributed by atoms with Crippen molar-refractivity contribution in [3.05, 3.63) is 34.1 Å². The van der Waals surface area contributed by atoms with Crippen LogP contribution < -0.4 is 5.73 Å². The zero-order valence-corrected chi connectivity index (χ0v) is 11.6. The standard InChI is InChI=1S/C13H18BrFN2/c1-9-3-2-6-17(9)13(8-16)11-7-10(14)4-5-12(11)15/h4-5,7,9,13H,2-3,6,8,16H2,1H3. The maximum absolute atomic E-state index is 13.9. The van der Waals surface area contributed by atoms with E-state index in [0.29, 0.717) is 18.2 Å². The smallest absolute Gasteiger partial charge is 0.128 e. The molecule has 94 valence electrons. The summed E-state index contributed by atoms with van der Waals surface area (Å²) < 4.78 is 14.8. The number of hydrogen-bond donors (Lipinski definition) is 1. The Bertz CT molecular complexity index is 397. The average Bonchev–Trinajstić information content (AvgIpc) is 2.71. The predicted molar refractivity (Wildman–Crippen MR) is 71.3 cm³/mol. The van der Waals surface area contributed by atoms with Crippen molar-refractivity contribution in [2.45, 2.75) is 31.8 Å². The quantitative estimate of drug-likeness (QED) is 0.929. The molecule has 2 nitrogen and oxygen atoms in total. The Labute approximate surface area is 110 Å². The molecule has 1 aromatic carbocycles. The summed E-state index contributed by atoms with van der Waals surface area (Å²) >= 11 is 3.39. The summed E-state index contributed by atoms with van der Waals surface area (Å²) in [5.74, 6) is -0.164. The van der Waals surface area contributed by atoms with Gasteiger partial charge in [-0.1, -0.05) is 15.9 Å². The lowest BCUT2D eigenvalue weighted by Crippen LogP contribution is -2.36. The van der Waals surface area contributed by atoms with Crippen molar-refractivity contribution >= 4 is 15.9 Å². The lowest BCUT2D eigenvalue weighted by Gasteiger charge is -2.31. The molecule has 1 aliphatic heterocycles. The summed E-state index contributed by atoms with van der Waals surface area (Å²) in [6.45, 7) is 3.65. The maximum atomic E-state index is 13.9. The van der Waals surface area contributed by atoms with E-state index in [0.717, 1.165) is 11.0 Å². The Balaban J connectivity index is 2.31. The zero-order chi connectivity index (χ0) is 12.4. The molecule has 2 rings (SSSR count). The topological polar surface area (TPSA) is 29.3 Å². The van der Waals surface area contributed by atoms with Crippen LogP contribution in [0.2, 0.25) is 0 Å². The third-order valence-corrected chi connectivity index (χ3v) is 4.04. The maximum Gasteiger partial charge on any atom is 0.128 e. The normalized spacial score (nSPS) is 22.9. The minimum Gasteiger partial charge on any atom is -0.329 e. The molecule has 2 unspecified atom stereocenters. The Morgan fingerprint density at radius 1 is 1.59 bits per heavy atom. The molecule has 2 atom stereocenters. The van der Waals surface area contributed by atoms with Crippen molar-refractivity contribution in [1.82, 2.24) is 4.90 Å².